The monoisotopic (exact) mass is 340 g/mol. The molecule has 0 atom stereocenters. The van der Waals surface area contributed by atoms with Crippen LogP contribution in [-0.2, 0) is 9.53 Å². The Bertz CT molecular complexity index is 724. The maximum Gasteiger partial charge on any atom is 0.361 e. The van der Waals surface area contributed by atoms with Gasteiger partial charge in [0.25, 0.3) is 5.91 Å². The second-order valence-corrected chi connectivity index (χ2v) is 4.88. The maximum atomic E-state index is 11.7. The van der Waals surface area contributed by atoms with E-state index in [0.717, 1.165) is 0 Å². The Labute approximate surface area is 135 Å². The molecule has 0 aliphatic heterocycles. The fourth-order valence-corrected chi connectivity index (χ4v) is 1.94. The number of benzene rings is 1. The first-order valence-electron chi connectivity index (χ1n) is 5.96. The molecule has 0 aliphatic carbocycles. The number of anilines is 2. The second-order valence-electron chi connectivity index (χ2n) is 4.04. The normalized spacial score (nSPS) is 10.1. The van der Waals surface area contributed by atoms with Crippen LogP contribution in [0.2, 0.25) is 10.0 Å². The molecule has 1 aromatic carbocycles. The first-order chi connectivity index (χ1) is 10.5. The Balaban J connectivity index is 1.93. The van der Waals surface area contributed by atoms with E-state index in [9.17, 15) is 9.59 Å². The van der Waals surface area contributed by atoms with Crippen LogP contribution in [0.25, 0.3) is 0 Å². The summed E-state index contributed by atoms with van der Waals surface area (Å²) < 4.78 is 4.80. The maximum absolute atomic E-state index is 11.7. The third-order valence-electron chi connectivity index (χ3n) is 2.46. The van der Waals surface area contributed by atoms with E-state index in [1.807, 2.05) is 0 Å². The van der Waals surface area contributed by atoms with Crippen molar-refractivity contribution in [2.45, 2.75) is 0 Å². The summed E-state index contributed by atoms with van der Waals surface area (Å²) >= 11 is 11.7. The van der Waals surface area contributed by atoms with Gasteiger partial charge in [-0.25, -0.2) is 14.8 Å². The molecule has 0 aliphatic rings. The minimum absolute atomic E-state index is 0.0753. The first kappa shape index (κ1) is 16.0. The van der Waals surface area contributed by atoms with Gasteiger partial charge in [-0.2, -0.15) is 0 Å². The molecular formula is C13H10Cl2N4O3. The summed E-state index contributed by atoms with van der Waals surface area (Å²) in [4.78, 5) is 30.9. The Kier molecular flexibility index (Phi) is 5.13. The summed E-state index contributed by atoms with van der Waals surface area (Å²) in [5, 5.41) is 3.19. The molecule has 2 aromatic rings. The fraction of sp³-hybridized carbons (Fsp3) is 0.0769. The highest BCUT2D eigenvalue weighted by Crippen LogP contribution is 2.25. The summed E-state index contributed by atoms with van der Waals surface area (Å²) in [5.74, 6) is -1.49. The van der Waals surface area contributed by atoms with E-state index in [0.29, 0.717) is 10.7 Å². The van der Waals surface area contributed by atoms with Crippen molar-refractivity contribution in [2.75, 3.05) is 17.7 Å². The summed E-state index contributed by atoms with van der Waals surface area (Å²) in [6, 6.07) is 4.57. The number of nitrogen functional groups attached to an aromatic ring is 1. The Morgan fingerprint density at radius 3 is 2.64 bits per heavy atom. The molecule has 1 heterocycles. The number of carbonyl (C=O) groups is 2. The van der Waals surface area contributed by atoms with Gasteiger partial charge in [0, 0.05) is 17.4 Å². The highest BCUT2D eigenvalue weighted by molar-refractivity contribution is 6.36. The summed E-state index contributed by atoms with van der Waals surface area (Å²) in [5.41, 5.74) is 5.68. The van der Waals surface area contributed by atoms with Crippen LogP contribution in [0.3, 0.4) is 0 Å². The fourth-order valence-electron chi connectivity index (χ4n) is 1.48. The van der Waals surface area contributed by atoms with Crippen molar-refractivity contribution < 1.29 is 14.3 Å². The lowest BCUT2D eigenvalue weighted by Crippen LogP contribution is -2.22. The minimum atomic E-state index is -0.844. The van der Waals surface area contributed by atoms with Crippen molar-refractivity contribution in [3.8, 4) is 0 Å². The van der Waals surface area contributed by atoms with Gasteiger partial charge in [0.05, 0.1) is 10.7 Å². The number of aromatic nitrogens is 2. The molecule has 9 heteroatoms. The SMILES string of the molecule is Nc1nccnc1C(=O)OCC(=O)Nc1ccc(Cl)cc1Cl. The predicted octanol–water partition coefficient (Wildman–Crippen LogP) is 2.16. The summed E-state index contributed by atoms with van der Waals surface area (Å²) in [6.07, 6.45) is 2.63. The molecule has 22 heavy (non-hydrogen) atoms. The van der Waals surface area contributed by atoms with Gasteiger partial charge >= 0.3 is 5.97 Å². The third kappa shape index (κ3) is 4.06. The molecular weight excluding hydrogens is 331 g/mol. The first-order valence-corrected chi connectivity index (χ1v) is 6.71. The van der Waals surface area contributed by atoms with Crippen LogP contribution in [0.5, 0.6) is 0 Å². The van der Waals surface area contributed by atoms with Crippen LogP contribution in [0.1, 0.15) is 10.5 Å². The van der Waals surface area contributed by atoms with Crippen molar-refractivity contribution in [2.24, 2.45) is 0 Å². The number of carbonyl (C=O) groups excluding carboxylic acids is 2. The van der Waals surface area contributed by atoms with Gasteiger partial charge < -0.3 is 15.8 Å². The van der Waals surface area contributed by atoms with Gasteiger partial charge in [0.15, 0.2) is 18.1 Å². The van der Waals surface area contributed by atoms with E-state index < -0.39 is 18.5 Å². The Hall–Kier alpha value is -2.38. The van der Waals surface area contributed by atoms with Crippen LogP contribution < -0.4 is 11.1 Å². The van der Waals surface area contributed by atoms with Crippen LogP contribution in [-0.4, -0.2) is 28.5 Å². The molecule has 0 saturated carbocycles. The standard InChI is InChI=1S/C13H10Cl2N4O3/c14-7-1-2-9(8(15)5-7)19-10(20)6-22-13(21)11-12(16)18-4-3-17-11/h1-5H,6H2,(H2,16,18)(H,19,20). The van der Waals surface area contributed by atoms with Gasteiger partial charge in [0.1, 0.15) is 0 Å². The van der Waals surface area contributed by atoms with Crippen molar-refractivity contribution in [1.29, 1.82) is 0 Å². The topological polar surface area (TPSA) is 107 Å². The number of hydrogen-bond donors (Lipinski definition) is 2. The average molecular weight is 341 g/mol. The van der Waals surface area contributed by atoms with Gasteiger partial charge in [-0.3, -0.25) is 4.79 Å². The van der Waals surface area contributed by atoms with Gasteiger partial charge in [-0.1, -0.05) is 23.2 Å². The number of ether oxygens (including phenoxy) is 1. The van der Waals surface area contributed by atoms with Crippen molar-refractivity contribution in [3.63, 3.8) is 0 Å². The zero-order valence-electron chi connectivity index (χ0n) is 11.0. The number of amides is 1. The Morgan fingerprint density at radius 2 is 1.95 bits per heavy atom. The van der Waals surface area contributed by atoms with E-state index in [1.54, 1.807) is 6.07 Å². The summed E-state index contributed by atoms with van der Waals surface area (Å²) in [6.45, 7) is -0.520. The number of hydrogen-bond acceptors (Lipinski definition) is 6. The number of nitrogens with zero attached hydrogens (tertiary/aromatic N) is 2. The lowest BCUT2D eigenvalue weighted by atomic mass is 10.3. The number of rotatable bonds is 4. The molecule has 2 rings (SSSR count). The number of nitrogens with two attached hydrogens (primary N) is 1. The molecule has 0 bridgehead atoms. The summed E-state index contributed by atoms with van der Waals surface area (Å²) in [7, 11) is 0. The zero-order valence-corrected chi connectivity index (χ0v) is 12.6. The van der Waals surface area contributed by atoms with E-state index in [2.05, 4.69) is 15.3 Å². The number of nitrogens with one attached hydrogen (secondary N) is 1. The Morgan fingerprint density at radius 1 is 1.23 bits per heavy atom. The molecule has 7 nitrogen and oxygen atoms in total. The van der Waals surface area contributed by atoms with Crippen molar-refractivity contribution in [1.82, 2.24) is 9.97 Å². The van der Waals surface area contributed by atoms with E-state index in [-0.39, 0.29) is 16.5 Å². The number of halogens is 2. The highest BCUT2D eigenvalue weighted by atomic mass is 35.5. The lowest BCUT2D eigenvalue weighted by Gasteiger charge is -2.08. The third-order valence-corrected chi connectivity index (χ3v) is 3.01. The largest absolute Gasteiger partial charge is 0.451 e. The molecule has 0 radical (unpaired) electrons. The zero-order chi connectivity index (χ0) is 16.1. The quantitative estimate of drug-likeness (QED) is 0.825. The average Bonchev–Trinajstić information content (AvgIpc) is 2.48. The van der Waals surface area contributed by atoms with Crippen molar-refractivity contribution in [3.05, 3.63) is 46.3 Å². The van der Waals surface area contributed by atoms with Crippen LogP contribution in [0, 0.1) is 0 Å². The number of esters is 1. The second kappa shape index (κ2) is 7.06. The van der Waals surface area contributed by atoms with E-state index in [1.165, 1.54) is 24.5 Å². The van der Waals surface area contributed by atoms with Gasteiger partial charge in [0.2, 0.25) is 0 Å². The smallest absolute Gasteiger partial charge is 0.361 e. The molecule has 0 saturated heterocycles. The van der Waals surface area contributed by atoms with Crippen LogP contribution >= 0.6 is 23.2 Å². The molecule has 1 aromatic heterocycles. The molecule has 114 valence electrons. The van der Waals surface area contributed by atoms with Gasteiger partial charge in [-0.05, 0) is 18.2 Å². The van der Waals surface area contributed by atoms with Crippen LogP contribution in [0.15, 0.2) is 30.6 Å². The highest BCUT2D eigenvalue weighted by Gasteiger charge is 2.15. The van der Waals surface area contributed by atoms with Gasteiger partial charge in [-0.15, -0.1) is 0 Å². The predicted molar refractivity (Wildman–Crippen MR) is 81.8 cm³/mol. The molecule has 3 N–H and O–H groups in total. The molecule has 0 fully saturated rings. The van der Waals surface area contributed by atoms with Crippen LogP contribution in [0.4, 0.5) is 11.5 Å². The molecule has 0 spiro atoms. The van der Waals surface area contributed by atoms with E-state index in [4.69, 9.17) is 33.7 Å². The van der Waals surface area contributed by atoms with E-state index >= 15 is 0 Å². The molecule has 1 amide bonds. The molecule has 0 unspecified atom stereocenters. The lowest BCUT2D eigenvalue weighted by molar-refractivity contribution is -0.119. The van der Waals surface area contributed by atoms with Crippen molar-refractivity contribution >= 4 is 46.6 Å². The minimum Gasteiger partial charge on any atom is -0.451 e.